The van der Waals surface area contributed by atoms with Gasteiger partial charge in [0, 0.05) is 6.16 Å². The lowest BCUT2D eigenvalue weighted by molar-refractivity contribution is -0.346. The molecule has 6 aliphatic heterocycles. The molecule has 0 aromatic heterocycles. The van der Waals surface area contributed by atoms with Crippen molar-refractivity contribution in [3.63, 3.8) is 0 Å². The molecule has 0 radical (unpaired) electrons. The van der Waals surface area contributed by atoms with Gasteiger partial charge in [-0.3, -0.25) is 9.59 Å². The number of carbonyl (C=O) groups is 2. The quantitative estimate of drug-likeness (QED) is 0.330. The van der Waals surface area contributed by atoms with E-state index < -0.39 is 53.3 Å². The summed E-state index contributed by atoms with van der Waals surface area (Å²) < 4.78 is 51.2. The summed E-state index contributed by atoms with van der Waals surface area (Å²) in [5.41, 5.74) is 0. The van der Waals surface area contributed by atoms with E-state index in [4.69, 9.17) is 27.1 Å². The van der Waals surface area contributed by atoms with Gasteiger partial charge in [-0.15, -0.1) is 27.1 Å². The van der Waals surface area contributed by atoms with Crippen LogP contribution in [0.3, 0.4) is 0 Å². The molecule has 0 spiro atoms. The Balaban J connectivity index is 1.34. The van der Waals surface area contributed by atoms with Gasteiger partial charge in [0.15, 0.2) is 0 Å². The van der Waals surface area contributed by atoms with Crippen molar-refractivity contribution in [2.24, 2.45) is 11.8 Å². The largest absolute Gasteiger partial charge is 0.481 e. The molecule has 6 aliphatic rings. The van der Waals surface area contributed by atoms with Crippen LogP contribution in [0, 0.1) is 11.8 Å². The highest BCUT2D eigenvalue weighted by Crippen LogP contribution is 3.00. The number of aliphatic carboxylic acids is 1. The molecule has 6 saturated heterocycles. The van der Waals surface area contributed by atoms with Gasteiger partial charge in [-0.25, -0.2) is 0 Å². The third-order valence-electron chi connectivity index (χ3n) is 5.43. The fraction of sp³-hybridized carbons (Fsp3) is 0.867. The summed E-state index contributed by atoms with van der Waals surface area (Å²) in [5, 5.41) is 9.05. The van der Waals surface area contributed by atoms with Gasteiger partial charge in [0.05, 0.1) is 32.2 Å². The van der Waals surface area contributed by atoms with E-state index >= 15 is 0 Å². The lowest BCUT2D eigenvalue weighted by Crippen LogP contribution is -2.59. The third kappa shape index (κ3) is 4.02. The van der Waals surface area contributed by atoms with Crippen LogP contribution in [-0.2, 0) is 46.0 Å². The number of rotatable bonds is 12. The van der Waals surface area contributed by atoms with E-state index in [1.54, 1.807) is 13.6 Å². The van der Waals surface area contributed by atoms with E-state index in [-0.39, 0.29) is 24.2 Å². The molecule has 0 aliphatic carbocycles. The van der Waals surface area contributed by atoms with Gasteiger partial charge in [0.25, 0.3) is 0 Å². The van der Waals surface area contributed by atoms with Gasteiger partial charge in [-0.2, -0.15) is 0 Å². The summed E-state index contributed by atoms with van der Waals surface area (Å²) >= 11 is 0. The van der Waals surface area contributed by atoms with Gasteiger partial charge >= 0.3 is 46.2 Å². The van der Waals surface area contributed by atoms with Crippen LogP contribution in [0.4, 0.5) is 0 Å². The molecule has 3 atom stereocenters. The smallest absolute Gasteiger partial charge is 0.479 e. The number of carboxylic acid groups (broad SMARTS) is 1. The zero-order valence-corrected chi connectivity index (χ0v) is 19.0. The van der Waals surface area contributed by atoms with Crippen LogP contribution in [0.25, 0.3) is 0 Å². The number of carbonyl (C=O) groups excluding carboxylic acids is 1. The van der Waals surface area contributed by atoms with E-state index in [9.17, 15) is 19.3 Å². The van der Waals surface area contributed by atoms with Crippen LogP contribution in [0.2, 0.25) is 0 Å². The maximum atomic E-state index is 13.4. The highest BCUT2D eigenvalue weighted by Gasteiger charge is 2.97. The Kier molecular flexibility index (Phi) is 5.87. The van der Waals surface area contributed by atoms with Gasteiger partial charge in [-0.1, -0.05) is 13.3 Å². The van der Waals surface area contributed by atoms with E-state index in [0.29, 0.717) is 19.3 Å². The number of ether oxygens (including phenoxy) is 1. The summed E-state index contributed by atoms with van der Waals surface area (Å²) in [6, 6.07) is 0. The Morgan fingerprint density at radius 2 is 1.55 bits per heavy atom. The van der Waals surface area contributed by atoms with Crippen LogP contribution in [0.15, 0.2) is 0 Å². The third-order valence-corrected chi connectivity index (χ3v) is 14.7. The molecule has 3 unspecified atom stereocenters. The standard InChI is InChI=1S/C15H24O11P3/c1-9(13(18)20-2)5-4-6-10(12(16)17)7-27(3,19)8-11(28-21-14(22-28)23-28)29-24-15(25-29)26-29/h9-11,14-15H,4-8H2,1-3H3/q+1/p+1. The second-order valence-corrected chi connectivity index (χ2v) is 16.2. The predicted molar refractivity (Wildman–Crippen MR) is 101 cm³/mol. The van der Waals surface area contributed by atoms with Gasteiger partial charge in [0.2, 0.25) is 0 Å². The second kappa shape index (κ2) is 7.73. The molecule has 164 valence electrons. The van der Waals surface area contributed by atoms with Gasteiger partial charge < -0.3 is 14.4 Å². The van der Waals surface area contributed by atoms with Crippen LogP contribution in [-0.4, -0.2) is 61.5 Å². The summed E-state index contributed by atoms with van der Waals surface area (Å²) in [4.78, 5) is 23.2. The van der Waals surface area contributed by atoms with Gasteiger partial charge in [0.1, 0.15) is 0 Å². The molecule has 1 N–H and O–H groups in total. The van der Waals surface area contributed by atoms with Crippen molar-refractivity contribution in [1.82, 2.24) is 0 Å². The number of hydrogen-bond acceptors (Lipinski definition) is 10. The fourth-order valence-electron chi connectivity index (χ4n) is 3.73. The molecular formula is C15H25O11P3+2. The van der Waals surface area contributed by atoms with Crippen molar-refractivity contribution >= 4 is 35.0 Å². The number of carboxylic acids is 1. The Morgan fingerprint density at radius 3 is 1.93 bits per heavy atom. The first-order chi connectivity index (χ1) is 13.6. The maximum absolute atomic E-state index is 13.4. The molecule has 6 heterocycles. The Labute approximate surface area is 169 Å². The van der Waals surface area contributed by atoms with Crippen molar-refractivity contribution in [3.8, 4) is 0 Å². The normalized spacial score (nSPS) is 38.7. The minimum absolute atomic E-state index is 0.0122. The summed E-state index contributed by atoms with van der Waals surface area (Å²) in [7, 11) is -6.96. The van der Waals surface area contributed by atoms with Crippen LogP contribution in [0.1, 0.15) is 26.2 Å². The summed E-state index contributed by atoms with van der Waals surface area (Å²) in [6.07, 6.45) is 1.45. The van der Waals surface area contributed by atoms with Gasteiger partial charge in [-0.05, 0) is 19.5 Å². The highest BCUT2D eigenvalue weighted by molar-refractivity contribution is 7.83. The van der Waals surface area contributed by atoms with E-state index in [1.807, 2.05) is 0 Å². The summed E-state index contributed by atoms with van der Waals surface area (Å²) in [6.45, 7) is 1.94. The van der Waals surface area contributed by atoms with Crippen molar-refractivity contribution in [3.05, 3.63) is 0 Å². The zero-order chi connectivity index (χ0) is 21.0. The van der Waals surface area contributed by atoms with Crippen molar-refractivity contribution in [2.75, 3.05) is 26.1 Å². The molecule has 4 bridgehead atoms. The van der Waals surface area contributed by atoms with E-state index in [2.05, 4.69) is 4.74 Å². The topological polar surface area (TPSA) is 136 Å². The lowest BCUT2D eigenvalue weighted by atomic mass is 9.99. The SMILES string of the molecule is COC(=O)C(C)CCCC(CP(C)(=O)CC([P+]12OC(O1)O2)[P+]12OC(O1)O2)C(=O)O. The fourth-order valence-corrected chi connectivity index (χ4v) is 14.3. The molecule has 11 nitrogen and oxygen atoms in total. The molecule has 6 fully saturated rings. The summed E-state index contributed by atoms with van der Waals surface area (Å²) in [5.74, 6) is -2.44. The first-order valence-corrected chi connectivity index (χ1v) is 15.1. The maximum Gasteiger partial charge on any atom is 0.479 e. The predicted octanol–water partition coefficient (Wildman–Crippen LogP) is 3.23. The molecule has 0 amide bonds. The van der Waals surface area contributed by atoms with Crippen LogP contribution >= 0.6 is 23.0 Å². The molecule has 0 aromatic carbocycles. The average molecular weight is 474 g/mol. The van der Waals surface area contributed by atoms with Crippen molar-refractivity contribution in [1.29, 1.82) is 0 Å². The number of esters is 1. The number of methoxy groups -OCH3 is 1. The van der Waals surface area contributed by atoms with E-state index in [0.717, 1.165) is 0 Å². The van der Waals surface area contributed by atoms with Crippen molar-refractivity contribution < 1.29 is 51.1 Å². The number of hydrogen-bond donors (Lipinski definition) is 1. The van der Waals surface area contributed by atoms with Crippen molar-refractivity contribution in [2.45, 2.75) is 44.5 Å². The minimum atomic E-state index is -2.95. The Hall–Kier alpha value is -0.210. The second-order valence-electron chi connectivity index (χ2n) is 7.82. The Morgan fingerprint density at radius 1 is 1.03 bits per heavy atom. The monoisotopic (exact) mass is 474 g/mol. The molecule has 0 aromatic rings. The molecule has 14 heteroatoms. The minimum Gasteiger partial charge on any atom is -0.481 e. The molecule has 0 saturated carbocycles. The molecular weight excluding hydrogens is 449 g/mol. The first-order valence-electron chi connectivity index (χ1n) is 9.32. The van der Waals surface area contributed by atoms with Crippen LogP contribution in [0.5, 0.6) is 0 Å². The van der Waals surface area contributed by atoms with E-state index in [1.165, 1.54) is 7.11 Å². The molecule has 6 rings (SSSR count). The molecule has 29 heavy (non-hydrogen) atoms. The highest BCUT2D eigenvalue weighted by atomic mass is 31.3. The lowest BCUT2D eigenvalue weighted by Gasteiger charge is -2.52. The zero-order valence-electron chi connectivity index (χ0n) is 16.3. The van der Waals surface area contributed by atoms with Crippen LogP contribution < -0.4 is 0 Å². The average Bonchev–Trinajstić information content (AvgIpc) is 2.46. The Bertz CT molecular complexity index is 685. The first kappa shape index (κ1) is 22.0.